The van der Waals surface area contributed by atoms with Crippen LogP contribution in [0.5, 0.6) is 11.5 Å². The van der Waals surface area contributed by atoms with Gasteiger partial charge in [-0.3, -0.25) is 5.84 Å². The van der Waals surface area contributed by atoms with Crippen LogP contribution in [0.4, 0.5) is 0 Å². The van der Waals surface area contributed by atoms with Gasteiger partial charge in [0.2, 0.25) is 0 Å². The van der Waals surface area contributed by atoms with Crippen LogP contribution in [0, 0.1) is 6.92 Å². The molecule has 112 valence electrons. The number of hydrazine groups is 1. The molecule has 0 radical (unpaired) electrons. The second kappa shape index (κ2) is 6.93. The van der Waals surface area contributed by atoms with Crippen LogP contribution < -0.4 is 20.7 Å². The van der Waals surface area contributed by atoms with Crippen molar-refractivity contribution >= 4 is 15.9 Å². The Morgan fingerprint density at radius 1 is 1.05 bits per heavy atom. The molecule has 0 bridgehead atoms. The zero-order valence-corrected chi connectivity index (χ0v) is 13.9. The summed E-state index contributed by atoms with van der Waals surface area (Å²) in [6.07, 6.45) is 0. The maximum absolute atomic E-state index is 5.77. The van der Waals surface area contributed by atoms with E-state index in [4.69, 9.17) is 15.3 Å². The smallest absolute Gasteiger partial charge is 0.141 e. The highest BCUT2D eigenvalue weighted by Gasteiger charge is 2.21. The van der Waals surface area contributed by atoms with Gasteiger partial charge < -0.3 is 9.47 Å². The van der Waals surface area contributed by atoms with Gasteiger partial charge in [0.15, 0.2) is 0 Å². The quantitative estimate of drug-likeness (QED) is 0.641. The van der Waals surface area contributed by atoms with E-state index in [1.165, 1.54) is 5.56 Å². The van der Waals surface area contributed by atoms with Crippen molar-refractivity contribution in [3.63, 3.8) is 0 Å². The van der Waals surface area contributed by atoms with Gasteiger partial charge in [0.1, 0.15) is 16.0 Å². The lowest BCUT2D eigenvalue weighted by Crippen LogP contribution is -2.29. The Bertz CT molecular complexity index is 614. The van der Waals surface area contributed by atoms with Gasteiger partial charge in [-0.1, -0.05) is 29.8 Å². The Balaban J connectivity index is 2.52. The summed E-state index contributed by atoms with van der Waals surface area (Å²) in [4.78, 5) is 0. The molecule has 0 fully saturated rings. The fourth-order valence-corrected chi connectivity index (χ4v) is 2.95. The molecule has 0 amide bonds. The van der Waals surface area contributed by atoms with E-state index in [-0.39, 0.29) is 6.04 Å². The second-order valence-corrected chi connectivity index (χ2v) is 5.51. The van der Waals surface area contributed by atoms with Crippen molar-refractivity contribution in [1.82, 2.24) is 5.43 Å². The summed E-state index contributed by atoms with van der Waals surface area (Å²) in [5, 5.41) is 0. The fourth-order valence-electron chi connectivity index (χ4n) is 2.27. The average Bonchev–Trinajstić information content (AvgIpc) is 2.50. The number of hydrogen-bond acceptors (Lipinski definition) is 4. The minimum Gasteiger partial charge on any atom is -0.495 e. The van der Waals surface area contributed by atoms with Crippen LogP contribution in [0.1, 0.15) is 22.7 Å². The van der Waals surface area contributed by atoms with Crippen molar-refractivity contribution in [2.45, 2.75) is 13.0 Å². The lowest BCUT2D eigenvalue weighted by atomic mass is 9.97. The number of nitrogens with one attached hydrogen (secondary N) is 1. The van der Waals surface area contributed by atoms with Gasteiger partial charge in [0.25, 0.3) is 0 Å². The maximum Gasteiger partial charge on any atom is 0.141 e. The zero-order valence-electron chi connectivity index (χ0n) is 12.3. The molecule has 1 unspecified atom stereocenters. The number of methoxy groups -OCH3 is 2. The molecule has 1 atom stereocenters. The summed E-state index contributed by atoms with van der Waals surface area (Å²) in [5.41, 5.74) is 6.07. The summed E-state index contributed by atoms with van der Waals surface area (Å²) < 4.78 is 11.6. The van der Waals surface area contributed by atoms with E-state index < -0.39 is 0 Å². The Kier molecular flexibility index (Phi) is 5.22. The van der Waals surface area contributed by atoms with E-state index in [1.54, 1.807) is 14.2 Å². The highest BCUT2D eigenvalue weighted by molar-refractivity contribution is 9.10. The second-order valence-electron chi connectivity index (χ2n) is 4.71. The summed E-state index contributed by atoms with van der Waals surface area (Å²) in [6, 6.07) is 11.9. The molecule has 2 aromatic rings. The molecule has 2 aromatic carbocycles. The molecule has 5 heteroatoms. The topological polar surface area (TPSA) is 56.5 Å². The van der Waals surface area contributed by atoms with E-state index in [1.807, 2.05) is 12.1 Å². The third-order valence-corrected chi connectivity index (χ3v) is 4.16. The molecule has 0 aromatic heterocycles. The van der Waals surface area contributed by atoms with Crippen molar-refractivity contribution in [3.05, 3.63) is 57.6 Å². The number of nitrogens with two attached hydrogens (primary N) is 1. The van der Waals surface area contributed by atoms with Crippen LogP contribution in [0.15, 0.2) is 40.9 Å². The predicted octanol–water partition coefficient (Wildman–Crippen LogP) is 3.33. The average molecular weight is 351 g/mol. The normalized spacial score (nSPS) is 12.0. The van der Waals surface area contributed by atoms with Gasteiger partial charge in [0.05, 0.1) is 20.3 Å². The molecular formula is C16H19BrN2O2. The van der Waals surface area contributed by atoms with Crippen LogP contribution in [0.25, 0.3) is 0 Å². The molecule has 21 heavy (non-hydrogen) atoms. The van der Waals surface area contributed by atoms with Gasteiger partial charge in [-0.25, -0.2) is 5.43 Å². The van der Waals surface area contributed by atoms with Crippen LogP contribution in [-0.4, -0.2) is 14.2 Å². The molecule has 3 N–H and O–H groups in total. The van der Waals surface area contributed by atoms with Crippen molar-refractivity contribution in [3.8, 4) is 11.5 Å². The molecule has 0 saturated carbocycles. The first-order chi connectivity index (χ1) is 10.1. The zero-order chi connectivity index (χ0) is 15.4. The summed E-state index contributed by atoms with van der Waals surface area (Å²) >= 11 is 3.52. The minimum absolute atomic E-state index is 0.164. The van der Waals surface area contributed by atoms with Crippen LogP contribution in [0.3, 0.4) is 0 Å². The predicted molar refractivity (Wildman–Crippen MR) is 87.6 cm³/mol. The SMILES string of the molecule is COc1ccc(C(NN)c2ccc(C)cc2)c(OC)c1Br. The van der Waals surface area contributed by atoms with E-state index in [0.29, 0.717) is 5.75 Å². The molecule has 0 saturated heterocycles. The summed E-state index contributed by atoms with van der Waals surface area (Å²) in [6.45, 7) is 2.05. The third kappa shape index (κ3) is 3.20. The largest absolute Gasteiger partial charge is 0.495 e. The van der Waals surface area contributed by atoms with Crippen LogP contribution in [0.2, 0.25) is 0 Å². The number of ether oxygens (including phenoxy) is 2. The number of rotatable bonds is 5. The summed E-state index contributed by atoms with van der Waals surface area (Å²) in [7, 11) is 3.25. The molecule has 0 heterocycles. The highest BCUT2D eigenvalue weighted by Crippen LogP contribution is 2.41. The molecular weight excluding hydrogens is 332 g/mol. The Morgan fingerprint density at radius 3 is 2.24 bits per heavy atom. The molecule has 0 aliphatic heterocycles. The minimum atomic E-state index is -0.164. The Labute approximate surface area is 133 Å². The Morgan fingerprint density at radius 2 is 1.71 bits per heavy atom. The molecule has 0 aliphatic carbocycles. The molecule has 4 nitrogen and oxygen atoms in total. The summed E-state index contributed by atoms with van der Waals surface area (Å²) in [5.74, 6) is 7.19. The van der Waals surface area contributed by atoms with Crippen molar-refractivity contribution in [1.29, 1.82) is 0 Å². The number of halogens is 1. The van der Waals surface area contributed by atoms with Crippen LogP contribution in [-0.2, 0) is 0 Å². The van der Waals surface area contributed by atoms with Gasteiger partial charge in [-0.2, -0.15) is 0 Å². The molecule has 0 spiro atoms. The van der Waals surface area contributed by atoms with Gasteiger partial charge >= 0.3 is 0 Å². The first-order valence-corrected chi connectivity index (χ1v) is 7.34. The van der Waals surface area contributed by atoms with Crippen molar-refractivity contribution in [2.75, 3.05) is 14.2 Å². The third-order valence-electron chi connectivity index (χ3n) is 3.40. The van der Waals surface area contributed by atoms with Crippen molar-refractivity contribution < 1.29 is 9.47 Å². The highest BCUT2D eigenvalue weighted by atomic mass is 79.9. The van der Waals surface area contributed by atoms with E-state index in [2.05, 4.69) is 52.5 Å². The van der Waals surface area contributed by atoms with Gasteiger partial charge in [-0.05, 0) is 40.5 Å². The van der Waals surface area contributed by atoms with E-state index in [9.17, 15) is 0 Å². The van der Waals surface area contributed by atoms with Crippen molar-refractivity contribution in [2.24, 2.45) is 5.84 Å². The van der Waals surface area contributed by atoms with E-state index >= 15 is 0 Å². The standard InChI is InChI=1S/C16H19BrN2O2/c1-10-4-6-11(7-5-10)15(19-18)12-8-9-13(20-2)14(17)16(12)21-3/h4-9,15,19H,18H2,1-3H3. The molecule has 2 rings (SSSR count). The lowest BCUT2D eigenvalue weighted by Gasteiger charge is -2.21. The number of aryl methyl sites for hydroxylation is 1. The first-order valence-electron chi connectivity index (χ1n) is 6.55. The maximum atomic E-state index is 5.77. The Hall–Kier alpha value is -1.56. The van der Waals surface area contributed by atoms with E-state index in [0.717, 1.165) is 21.3 Å². The first kappa shape index (κ1) is 15.8. The molecule has 0 aliphatic rings. The van der Waals surface area contributed by atoms with Crippen LogP contribution >= 0.6 is 15.9 Å². The number of benzene rings is 2. The van der Waals surface area contributed by atoms with Gasteiger partial charge in [0, 0.05) is 5.56 Å². The number of hydrogen-bond donors (Lipinski definition) is 2. The monoisotopic (exact) mass is 350 g/mol. The fraction of sp³-hybridized carbons (Fsp3) is 0.250. The lowest BCUT2D eigenvalue weighted by molar-refractivity contribution is 0.383. The van der Waals surface area contributed by atoms with Gasteiger partial charge in [-0.15, -0.1) is 0 Å².